The van der Waals surface area contributed by atoms with Gasteiger partial charge >= 0.3 is 5.97 Å². The zero-order valence-electron chi connectivity index (χ0n) is 16.0. The molecule has 0 unspecified atom stereocenters. The molecule has 5 heteroatoms. The normalized spacial score (nSPS) is 11.3. The van der Waals surface area contributed by atoms with E-state index in [1.807, 2.05) is 12.1 Å². The first-order valence-corrected chi connectivity index (χ1v) is 10.9. The van der Waals surface area contributed by atoms with Crippen LogP contribution in [0.4, 0.5) is 0 Å². The fourth-order valence-corrected chi connectivity index (χ4v) is 4.42. The van der Waals surface area contributed by atoms with E-state index in [1.54, 1.807) is 23.9 Å². The highest BCUT2D eigenvalue weighted by Crippen LogP contribution is 2.33. The van der Waals surface area contributed by atoms with Gasteiger partial charge in [-0.3, -0.25) is 0 Å². The van der Waals surface area contributed by atoms with Gasteiger partial charge in [-0.25, -0.2) is 4.79 Å². The van der Waals surface area contributed by atoms with Crippen molar-refractivity contribution < 1.29 is 14.6 Å². The summed E-state index contributed by atoms with van der Waals surface area (Å²) in [4.78, 5) is 11.7. The third-order valence-corrected chi connectivity index (χ3v) is 6.23. The van der Waals surface area contributed by atoms with Crippen LogP contribution in [0.3, 0.4) is 0 Å². The molecule has 0 spiro atoms. The highest BCUT2D eigenvalue weighted by Gasteiger charge is 2.08. The number of aliphatic carboxylic acids is 1. The zero-order valence-corrected chi connectivity index (χ0v) is 18.4. The highest BCUT2D eigenvalue weighted by atomic mass is 79.9. The van der Waals surface area contributed by atoms with Crippen LogP contribution in [0.25, 0.3) is 5.57 Å². The number of rotatable bonds is 8. The van der Waals surface area contributed by atoms with E-state index in [0.717, 1.165) is 15.1 Å². The molecule has 1 N–H and O–H groups in total. The molecule has 0 radical (unpaired) electrons. The van der Waals surface area contributed by atoms with E-state index >= 15 is 0 Å². The quantitative estimate of drug-likeness (QED) is 0.386. The maximum atomic E-state index is 10.6. The lowest BCUT2D eigenvalue weighted by atomic mass is 9.94. The second kappa shape index (κ2) is 10.3. The Hall–Kier alpha value is -2.50. The molecule has 0 heterocycles. The number of carboxylic acids is 1. The van der Waals surface area contributed by atoms with Crippen molar-refractivity contribution in [3.63, 3.8) is 0 Å². The van der Waals surface area contributed by atoms with Gasteiger partial charge in [0.25, 0.3) is 0 Å². The lowest BCUT2D eigenvalue weighted by Gasteiger charge is -2.12. The molecule has 3 aromatic carbocycles. The summed E-state index contributed by atoms with van der Waals surface area (Å²) < 4.78 is 6.11. The minimum atomic E-state index is -0.991. The predicted octanol–water partition coefficient (Wildman–Crippen LogP) is 6.44. The van der Waals surface area contributed by atoms with Crippen LogP contribution >= 0.6 is 27.7 Å². The topological polar surface area (TPSA) is 46.5 Å². The lowest BCUT2D eigenvalue weighted by molar-refractivity contribution is -0.139. The van der Waals surface area contributed by atoms with Crippen LogP contribution in [-0.2, 0) is 4.79 Å². The van der Waals surface area contributed by atoms with Gasteiger partial charge < -0.3 is 9.84 Å². The van der Waals surface area contributed by atoms with Gasteiger partial charge in [-0.05, 0) is 63.3 Å². The van der Waals surface area contributed by atoms with Gasteiger partial charge in [0, 0.05) is 15.1 Å². The summed E-state index contributed by atoms with van der Waals surface area (Å²) in [6, 6.07) is 24.3. The summed E-state index contributed by atoms with van der Waals surface area (Å²) in [5.74, 6) is 0.338. The van der Waals surface area contributed by atoms with Gasteiger partial charge in [-0.1, -0.05) is 60.7 Å². The van der Waals surface area contributed by atoms with E-state index in [4.69, 9.17) is 9.84 Å². The van der Waals surface area contributed by atoms with Crippen molar-refractivity contribution in [1.82, 2.24) is 0 Å². The second-order valence-corrected chi connectivity index (χ2v) is 8.30. The van der Waals surface area contributed by atoms with Crippen LogP contribution in [0, 0.1) is 6.92 Å². The molecule has 0 aliphatic rings. The second-order valence-electron chi connectivity index (χ2n) is 6.38. The molecule has 0 fully saturated rings. The minimum absolute atomic E-state index is 0.349. The lowest BCUT2D eigenvalue weighted by Crippen LogP contribution is -2.09. The molecule has 0 aromatic heterocycles. The Morgan fingerprint density at radius 1 is 1.07 bits per heavy atom. The van der Waals surface area contributed by atoms with E-state index in [-0.39, 0.29) is 6.61 Å². The zero-order chi connectivity index (χ0) is 20.6. The number of aryl methyl sites for hydroxylation is 1. The van der Waals surface area contributed by atoms with Crippen LogP contribution in [-0.4, -0.2) is 23.4 Å². The first-order chi connectivity index (χ1) is 14.0. The summed E-state index contributed by atoms with van der Waals surface area (Å²) in [7, 11) is 0. The number of thioether (sulfide) groups is 1. The summed E-state index contributed by atoms with van der Waals surface area (Å²) in [6.07, 6.45) is 2.25. The van der Waals surface area contributed by atoms with Crippen LogP contribution in [0.15, 0.2) is 88.2 Å². The van der Waals surface area contributed by atoms with E-state index in [0.29, 0.717) is 5.75 Å². The maximum absolute atomic E-state index is 10.6. The first-order valence-electron chi connectivity index (χ1n) is 9.13. The van der Waals surface area contributed by atoms with Gasteiger partial charge in [-0.15, -0.1) is 11.8 Å². The van der Waals surface area contributed by atoms with Crippen LogP contribution < -0.4 is 4.74 Å². The number of carboxylic acid groups (broad SMARTS) is 1. The first kappa shape index (κ1) is 21.2. The molecular formula is C24H21BrO3S. The van der Waals surface area contributed by atoms with Crippen molar-refractivity contribution in [3.05, 3.63) is 100 Å². The van der Waals surface area contributed by atoms with Crippen molar-refractivity contribution in [3.8, 4) is 5.75 Å². The minimum Gasteiger partial charge on any atom is -0.482 e. The van der Waals surface area contributed by atoms with Gasteiger partial charge in [0.15, 0.2) is 6.61 Å². The SMILES string of the molecule is Cc1ccccc1/C(=C\CSc1ccc(OCC(=O)O)cc1Br)c1ccccc1. The molecule has 3 rings (SSSR count). The smallest absolute Gasteiger partial charge is 0.341 e. The van der Waals surface area contributed by atoms with Gasteiger partial charge in [0.05, 0.1) is 0 Å². The molecule has 29 heavy (non-hydrogen) atoms. The molecule has 0 saturated carbocycles. The number of hydrogen-bond acceptors (Lipinski definition) is 3. The van der Waals surface area contributed by atoms with Crippen LogP contribution in [0.5, 0.6) is 5.75 Å². The van der Waals surface area contributed by atoms with Gasteiger partial charge in [0.1, 0.15) is 5.75 Å². The van der Waals surface area contributed by atoms with Crippen molar-refractivity contribution in [2.24, 2.45) is 0 Å². The maximum Gasteiger partial charge on any atom is 0.341 e. The molecule has 3 nitrogen and oxygen atoms in total. The summed E-state index contributed by atoms with van der Waals surface area (Å²) >= 11 is 5.26. The Labute approximate surface area is 183 Å². The monoisotopic (exact) mass is 468 g/mol. The van der Waals surface area contributed by atoms with Gasteiger partial charge in [0.2, 0.25) is 0 Å². The molecule has 0 amide bonds. The van der Waals surface area contributed by atoms with Crippen molar-refractivity contribution >= 4 is 39.2 Å². The fourth-order valence-electron chi connectivity index (χ4n) is 2.92. The van der Waals surface area contributed by atoms with Crippen LogP contribution in [0.1, 0.15) is 16.7 Å². The number of halogens is 1. The predicted molar refractivity (Wildman–Crippen MR) is 123 cm³/mol. The Balaban J connectivity index is 1.78. The third kappa shape index (κ3) is 5.99. The summed E-state index contributed by atoms with van der Waals surface area (Å²) in [5.41, 5.74) is 4.89. The Morgan fingerprint density at radius 2 is 1.79 bits per heavy atom. The third-order valence-electron chi connectivity index (χ3n) is 4.31. The Bertz CT molecular complexity index is 1020. The molecule has 3 aromatic rings. The molecule has 0 atom stereocenters. The standard InChI is InChI=1S/C24H21BrO3S/c1-17-7-5-6-10-20(17)21(18-8-3-2-4-9-18)13-14-29-23-12-11-19(15-22(23)25)28-16-24(26)27/h2-13,15H,14,16H2,1H3,(H,26,27)/b21-13-. The average Bonchev–Trinajstić information content (AvgIpc) is 2.72. The fraction of sp³-hybridized carbons (Fsp3) is 0.125. The van der Waals surface area contributed by atoms with E-state index in [2.05, 4.69) is 77.5 Å². The van der Waals surface area contributed by atoms with E-state index < -0.39 is 5.97 Å². The summed E-state index contributed by atoms with van der Waals surface area (Å²) in [6.45, 7) is 1.78. The number of carbonyl (C=O) groups is 1. The van der Waals surface area contributed by atoms with Crippen LogP contribution in [0.2, 0.25) is 0 Å². The average molecular weight is 469 g/mol. The summed E-state index contributed by atoms with van der Waals surface area (Å²) in [5, 5.41) is 8.73. The van der Waals surface area contributed by atoms with E-state index in [9.17, 15) is 4.79 Å². The molecule has 0 aliphatic carbocycles. The Kier molecular flexibility index (Phi) is 7.55. The molecular weight excluding hydrogens is 448 g/mol. The largest absolute Gasteiger partial charge is 0.482 e. The number of hydrogen-bond donors (Lipinski definition) is 1. The Morgan fingerprint density at radius 3 is 2.48 bits per heavy atom. The number of benzene rings is 3. The molecule has 0 saturated heterocycles. The van der Waals surface area contributed by atoms with Crippen molar-refractivity contribution in [1.29, 1.82) is 0 Å². The molecule has 0 bridgehead atoms. The van der Waals surface area contributed by atoms with Crippen molar-refractivity contribution in [2.75, 3.05) is 12.4 Å². The van der Waals surface area contributed by atoms with Gasteiger partial charge in [-0.2, -0.15) is 0 Å². The molecule has 0 aliphatic heterocycles. The highest BCUT2D eigenvalue weighted by molar-refractivity contribution is 9.10. The molecule has 148 valence electrons. The van der Waals surface area contributed by atoms with Crippen molar-refractivity contribution in [2.45, 2.75) is 11.8 Å². The van der Waals surface area contributed by atoms with E-state index in [1.165, 1.54) is 22.3 Å². The number of ether oxygens (including phenoxy) is 1.